The minimum Gasteiger partial charge on any atom is -0.383 e. The van der Waals surface area contributed by atoms with E-state index in [4.69, 9.17) is 0 Å². The Hall–Kier alpha value is -1.46. The number of hydrogen-bond acceptors (Lipinski definition) is 4. The van der Waals surface area contributed by atoms with Gasteiger partial charge in [-0.25, -0.2) is 4.98 Å². The van der Waals surface area contributed by atoms with Gasteiger partial charge in [0.25, 0.3) is 0 Å². The van der Waals surface area contributed by atoms with E-state index >= 15 is 0 Å². The molecule has 2 fully saturated rings. The van der Waals surface area contributed by atoms with E-state index in [9.17, 15) is 5.11 Å². The molecule has 2 aromatic rings. The Balaban J connectivity index is 1.78. The molecule has 100 valence electrons. The van der Waals surface area contributed by atoms with E-state index in [2.05, 4.69) is 15.3 Å². The molecular formula is C14H18N4O. The smallest absolute Gasteiger partial charge is 0.155 e. The zero-order chi connectivity index (χ0) is 12.9. The van der Waals surface area contributed by atoms with Gasteiger partial charge in [0.1, 0.15) is 5.60 Å². The van der Waals surface area contributed by atoms with Crippen molar-refractivity contribution >= 4 is 5.65 Å². The van der Waals surface area contributed by atoms with Gasteiger partial charge in [-0.15, -0.1) is 0 Å². The second kappa shape index (κ2) is 4.02. The van der Waals surface area contributed by atoms with Crippen molar-refractivity contribution in [3.05, 3.63) is 30.5 Å². The molecular weight excluding hydrogens is 240 g/mol. The maximum atomic E-state index is 11.1. The fourth-order valence-electron chi connectivity index (χ4n) is 3.73. The summed E-state index contributed by atoms with van der Waals surface area (Å²) in [6, 6.07) is 0.870. The molecule has 5 heteroatoms. The second-order valence-electron chi connectivity index (χ2n) is 5.88. The van der Waals surface area contributed by atoms with Gasteiger partial charge in [-0.2, -0.15) is 0 Å². The van der Waals surface area contributed by atoms with E-state index in [-0.39, 0.29) is 0 Å². The van der Waals surface area contributed by atoms with Crippen molar-refractivity contribution < 1.29 is 5.11 Å². The van der Waals surface area contributed by atoms with Crippen molar-refractivity contribution in [1.82, 2.24) is 19.7 Å². The summed E-state index contributed by atoms with van der Waals surface area (Å²) in [6.45, 7) is 0. The highest BCUT2D eigenvalue weighted by atomic mass is 16.3. The quantitative estimate of drug-likeness (QED) is 0.807. The molecule has 0 aromatic carbocycles. The number of nitrogens with zero attached hydrogens (tertiary/aromatic N) is 3. The number of hydrogen-bond donors (Lipinski definition) is 2. The number of rotatable bonds is 1. The molecule has 0 amide bonds. The second-order valence-corrected chi connectivity index (χ2v) is 5.88. The first-order valence-electron chi connectivity index (χ1n) is 7.01. The molecule has 2 aliphatic rings. The van der Waals surface area contributed by atoms with E-state index in [1.807, 2.05) is 10.6 Å². The summed E-state index contributed by atoms with van der Waals surface area (Å²) in [5.74, 6) is 0. The number of aromatic nitrogens is 3. The van der Waals surface area contributed by atoms with Crippen LogP contribution < -0.4 is 5.32 Å². The van der Waals surface area contributed by atoms with Crippen LogP contribution in [-0.4, -0.2) is 31.6 Å². The molecule has 5 nitrogen and oxygen atoms in total. The van der Waals surface area contributed by atoms with E-state index in [0.29, 0.717) is 12.1 Å². The lowest BCUT2D eigenvalue weighted by Gasteiger charge is -2.45. The van der Waals surface area contributed by atoms with Crippen molar-refractivity contribution in [3.8, 4) is 0 Å². The molecule has 0 aliphatic carbocycles. The lowest BCUT2D eigenvalue weighted by Crippen LogP contribution is -2.54. The predicted octanol–water partition coefficient (Wildman–Crippen LogP) is 1.22. The van der Waals surface area contributed by atoms with Gasteiger partial charge in [-0.1, -0.05) is 6.42 Å². The zero-order valence-corrected chi connectivity index (χ0v) is 10.8. The maximum Gasteiger partial charge on any atom is 0.155 e. The third-order valence-electron chi connectivity index (χ3n) is 4.54. The Kier molecular flexibility index (Phi) is 2.40. The molecule has 0 spiro atoms. The van der Waals surface area contributed by atoms with Crippen LogP contribution in [0.3, 0.4) is 0 Å². The average Bonchev–Trinajstić information content (AvgIpc) is 2.82. The standard InChI is InChI=1S/C14H18N4O/c19-14(6-10-2-1-3-11(7-14)17-10)12-8-16-13-9-15-4-5-18(12)13/h4-5,8-11,17,19H,1-3,6-7H2. The summed E-state index contributed by atoms with van der Waals surface area (Å²) < 4.78 is 1.97. The van der Waals surface area contributed by atoms with E-state index in [1.165, 1.54) is 6.42 Å². The Bertz CT molecular complexity index is 596. The van der Waals surface area contributed by atoms with Crippen molar-refractivity contribution in [2.75, 3.05) is 0 Å². The molecule has 2 aromatic heterocycles. The Morgan fingerprint density at radius 3 is 2.84 bits per heavy atom. The van der Waals surface area contributed by atoms with Crippen LogP contribution >= 0.6 is 0 Å². The summed E-state index contributed by atoms with van der Waals surface area (Å²) in [7, 11) is 0. The third kappa shape index (κ3) is 1.76. The Morgan fingerprint density at radius 2 is 2.05 bits per heavy atom. The van der Waals surface area contributed by atoms with Crippen LogP contribution in [0.1, 0.15) is 37.8 Å². The number of aliphatic hydroxyl groups is 1. The van der Waals surface area contributed by atoms with Gasteiger partial charge in [0, 0.05) is 24.5 Å². The molecule has 2 saturated heterocycles. The van der Waals surface area contributed by atoms with Gasteiger partial charge in [0.2, 0.25) is 0 Å². The van der Waals surface area contributed by atoms with Crippen LogP contribution in [0.5, 0.6) is 0 Å². The minimum absolute atomic E-state index is 0.435. The number of imidazole rings is 1. The summed E-state index contributed by atoms with van der Waals surface area (Å²) in [5, 5.41) is 14.7. The van der Waals surface area contributed by atoms with Gasteiger partial charge in [0.15, 0.2) is 5.65 Å². The predicted molar refractivity (Wildman–Crippen MR) is 70.7 cm³/mol. The van der Waals surface area contributed by atoms with Crippen LogP contribution in [0.4, 0.5) is 0 Å². The van der Waals surface area contributed by atoms with Gasteiger partial charge in [-0.3, -0.25) is 9.38 Å². The molecule has 2 N–H and O–H groups in total. The topological polar surface area (TPSA) is 62.5 Å². The van der Waals surface area contributed by atoms with Gasteiger partial charge in [0.05, 0.1) is 18.1 Å². The van der Waals surface area contributed by atoms with Crippen molar-refractivity contribution in [3.63, 3.8) is 0 Å². The molecule has 2 bridgehead atoms. The van der Waals surface area contributed by atoms with Crippen LogP contribution in [-0.2, 0) is 5.60 Å². The highest BCUT2D eigenvalue weighted by molar-refractivity contribution is 5.39. The monoisotopic (exact) mass is 258 g/mol. The molecule has 0 radical (unpaired) electrons. The number of piperidine rings is 2. The molecule has 4 rings (SSSR count). The highest BCUT2D eigenvalue weighted by Gasteiger charge is 2.43. The van der Waals surface area contributed by atoms with Crippen LogP contribution in [0.25, 0.3) is 5.65 Å². The van der Waals surface area contributed by atoms with E-state index in [1.54, 1.807) is 18.6 Å². The third-order valence-corrected chi connectivity index (χ3v) is 4.54. The lowest BCUT2D eigenvalue weighted by atomic mass is 9.76. The first-order valence-corrected chi connectivity index (χ1v) is 7.01. The van der Waals surface area contributed by atoms with Crippen LogP contribution in [0.2, 0.25) is 0 Å². The van der Waals surface area contributed by atoms with Gasteiger partial charge in [-0.05, 0) is 25.7 Å². The Labute approximate surface area is 111 Å². The summed E-state index contributed by atoms with van der Waals surface area (Å²) >= 11 is 0. The fraction of sp³-hybridized carbons (Fsp3) is 0.571. The van der Waals surface area contributed by atoms with E-state index in [0.717, 1.165) is 37.0 Å². The molecule has 2 unspecified atom stereocenters. The zero-order valence-electron chi connectivity index (χ0n) is 10.8. The fourth-order valence-corrected chi connectivity index (χ4v) is 3.73. The lowest BCUT2D eigenvalue weighted by molar-refractivity contribution is -0.0398. The van der Waals surface area contributed by atoms with Crippen LogP contribution in [0, 0.1) is 0 Å². The first kappa shape index (κ1) is 11.4. The highest BCUT2D eigenvalue weighted by Crippen LogP contribution is 2.39. The van der Waals surface area contributed by atoms with Crippen molar-refractivity contribution in [1.29, 1.82) is 0 Å². The first-order chi connectivity index (χ1) is 9.24. The molecule has 19 heavy (non-hydrogen) atoms. The maximum absolute atomic E-state index is 11.1. The van der Waals surface area contributed by atoms with Gasteiger partial charge < -0.3 is 10.4 Å². The molecule has 4 heterocycles. The normalized spacial score (nSPS) is 34.6. The SMILES string of the molecule is OC1(c2cnc3cnccn23)CC2CCCC(C1)N2. The molecule has 2 aliphatic heterocycles. The summed E-state index contributed by atoms with van der Waals surface area (Å²) in [6.07, 6.45) is 12.3. The average molecular weight is 258 g/mol. The number of nitrogens with one attached hydrogen (secondary N) is 1. The van der Waals surface area contributed by atoms with Crippen molar-refractivity contribution in [2.45, 2.75) is 49.8 Å². The van der Waals surface area contributed by atoms with Gasteiger partial charge >= 0.3 is 0 Å². The van der Waals surface area contributed by atoms with Crippen molar-refractivity contribution in [2.24, 2.45) is 0 Å². The largest absolute Gasteiger partial charge is 0.383 e. The molecule has 2 atom stereocenters. The summed E-state index contributed by atoms with van der Waals surface area (Å²) in [5.41, 5.74) is 0.944. The number of fused-ring (bicyclic) bond motifs is 3. The van der Waals surface area contributed by atoms with Crippen LogP contribution in [0.15, 0.2) is 24.8 Å². The Morgan fingerprint density at radius 1 is 1.26 bits per heavy atom. The summed E-state index contributed by atoms with van der Waals surface area (Å²) in [4.78, 5) is 8.43. The molecule has 0 saturated carbocycles. The van der Waals surface area contributed by atoms with E-state index < -0.39 is 5.60 Å². The minimum atomic E-state index is -0.762.